The molecule has 1 amide bonds. The molecule has 5 heteroatoms. The minimum atomic E-state index is -0.817. The zero-order chi connectivity index (χ0) is 11.3. The third kappa shape index (κ3) is 3.49. The average molecular weight is 232 g/mol. The van der Waals surface area contributed by atoms with Crippen molar-refractivity contribution in [3.8, 4) is 0 Å². The van der Waals surface area contributed by atoms with Crippen LogP contribution >= 0.6 is 11.6 Å². The maximum atomic E-state index is 13.1. The van der Waals surface area contributed by atoms with E-state index in [4.69, 9.17) is 16.7 Å². The summed E-state index contributed by atoms with van der Waals surface area (Å²) < 4.78 is 13.1. The van der Waals surface area contributed by atoms with Gasteiger partial charge in [0.25, 0.3) is 5.91 Å². The molecule has 0 aromatic heterocycles. The summed E-state index contributed by atoms with van der Waals surface area (Å²) in [6.45, 7) is 0.0106. The van der Waals surface area contributed by atoms with E-state index in [0.29, 0.717) is 0 Å². The number of aliphatic hydroxyl groups excluding tert-OH is 1. The zero-order valence-electron chi connectivity index (χ0n) is 7.91. The SMILES string of the molecule is O=C(NCC(O)CCl)c1ccccc1F. The number of hydrogen-bond donors (Lipinski definition) is 2. The van der Waals surface area contributed by atoms with Gasteiger partial charge in [-0.25, -0.2) is 4.39 Å². The molecule has 0 saturated carbocycles. The molecule has 0 aliphatic rings. The van der Waals surface area contributed by atoms with Crippen LogP contribution in [0.5, 0.6) is 0 Å². The minimum absolute atomic E-state index is 0.0106. The van der Waals surface area contributed by atoms with E-state index in [9.17, 15) is 9.18 Å². The van der Waals surface area contributed by atoms with E-state index in [1.165, 1.54) is 18.2 Å². The number of rotatable bonds is 4. The predicted molar refractivity (Wildman–Crippen MR) is 55.5 cm³/mol. The Morgan fingerprint density at radius 2 is 2.20 bits per heavy atom. The fourth-order valence-electron chi connectivity index (χ4n) is 1.01. The Morgan fingerprint density at radius 3 is 2.80 bits per heavy atom. The first-order chi connectivity index (χ1) is 7.15. The highest BCUT2D eigenvalue weighted by atomic mass is 35.5. The lowest BCUT2D eigenvalue weighted by atomic mass is 10.2. The second kappa shape index (κ2) is 5.68. The summed E-state index contributed by atoms with van der Waals surface area (Å²) in [5, 5.41) is 11.5. The molecule has 1 aromatic carbocycles. The second-order valence-corrected chi connectivity index (χ2v) is 3.31. The van der Waals surface area contributed by atoms with Gasteiger partial charge >= 0.3 is 0 Å². The lowest BCUT2D eigenvalue weighted by Crippen LogP contribution is -2.33. The van der Waals surface area contributed by atoms with Crippen molar-refractivity contribution in [3.63, 3.8) is 0 Å². The van der Waals surface area contributed by atoms with Crippen LogP contribution in [0.15, 0.2) is 24.3 Å². The molecule has 0 bridgehead atoms. The van der Waals surface area contributed by atoms with Gasteiger partial charge in [0.05, 0.1) is 17.5 Å². The highest BCUT2D eigenvalue weighted by molar-refractivity contribution is 6.18. The normalized spacial score (nSPS) is 12.2. The van der Waals surface area contributed by atoms with Gasteiger partial charge < -0.3 is 10.4 Å². The summed E-state index contributed by atoms with van der Waals surface area (Å²) in [4.78, 5) is 11.4. The van der Waals surface area contributed by atoms with Crippen molar-refractivity contribution in [1.82, 2.24) is 5.32 Å². The van der Waals surface area contributed by atoms with Crippen LogP contribution in [-0.2, 0) is 0 Å². The summed E-state index contributed by atoms with van der Waals surface area (Å²) in [5.41, 5.74) is -0.0423. The summed E-state index contributed by atoms with van der Waals surface area (Å²) >= 11 is 5.34. The van der Waals surface area contributed by atoms with E-state index in [1.807, 2.05) is 0 Å². The topological polar surface area (TPSA) is 49.3 Å². The molecule has 1 rings (SSSR count). The van der Waals surface area contributed by atoms with Crippen molar-refractivity contribution in [2.75, 3.05) is 12.4 Å². The molecule has 0 radical (unpaired) electrons. The van der Waals surface area contributed by atoms with Crippen molar-refractivity contribution in [1.29, 1.82) is 0 Å². The molecule has 2 N–H and O–H groups in total. The predicted octanol–water partition coefficient (Wildman–Crippen LogP) is 1.16. The largest absolute Gasteiger partial charge is 0.390 e. The van der Waals surface area contributed by atoms with Crippen molar-refractivity contribution < 1.29 is 14.3 Å². The molecule has 1 aromatic rings. The van der Waals surface area contributed by atoms with Crippen molar-refractivity contribution in [3.05, 3.63) is 35.6 Å². The van der Waals surface area contributed by atoms with E-state index in [0.717, 1.165) is 0 Å². The molecule has 0 spiro atoms. The van der Waals surface area contributed by atoms with Gasteiger partial charge in [-0.1, -0.05) is 12.1 Å². The number of alkyl halides is 1. The number of carbonyl (C=O) groups is 1. The molecule has 0 heterocycles. The third-order valence-corrected chi connectivity index (χ3v) is 2.15. The Kier molecular flexibility index (Phi) is 4.52. The summed E-state index contributed by atoms with van der Waals surface area (Å²) in [6, 6.07) is 5.64. The van der Waals surface area contributed by atoms with Crippen LogP contribution < -0.4 is 5.32 Å². The van der Waals surface area contributed by atoms with E-state index >= 15 is 0 Å². The average Bonchev–Trinajstić information content (AvgIpc) is 2.26. The smallest absolute Gasteiger partial charge is 0.254 e. The Morgan fingerprint density at radius 1 is 1.53 bits per heavy atom. The molecule has 15 heavy (non-hydrogen) atoms. The van der Waals surface area contributed by atoms with Crippen LogP contribution in [0.2, 0.25) is 0 Å². The molecule has 1 unspecified atom stereocenters. The summed E-state index contributed by atoms with van der Waals surface area (Å²) in [5.74, 6) is -1.12. The standard InChI is InChI=1S/C10H11ClFNO2/c11-5-7(14)6-13-10(15)8-3-1-2-4-9(8)12/h1-4,7,14H,5-6H2,(H,13,15). The Bertz CT molecular complexity index is 346. The van der Waals surface area contributed by atoms with Gasteiger partial charge in [0.2, 0.25) is 0 Å². The Hall–Kier alpha value is -1.13. The first-order valence-corrected chi connectivity index (χ1v) is 4.95. The Balaban J connectivity index is 2.58. The number of halogens is 2. The number of amides is 1. The lowest BCUT2D eigenvalue weighted by Gasteiger charge is -2.08. The fraction of sp³-hybridized carbons (Fsp3) is 0.300. The summed E-state index contributed by atoms with van der Waals surface area (Å²) in [7, 11) is 0. The molecule has 0 saturated heterocycles. The van der Waals surface area contributed by atoms with Crippen LogP contribution in [0.3, 0.4) is 0 Å². The van der Waals surface area contributed by atoms with Gasteiger partial charge in [0.15, 0.2) is 0 Å². The van der Waals surface area contributed by atoms with E-state index in [1.54, 1.807) is 6.07 Å². The maximum Gasteiger partial charge on any atom is 0.254 e. The van der Waals surface area contributed by atoms with Crippen molar-refractivity contribution in [2.24, 2.45) is 0 Å². The van der Waals surface area contributed by atoms with Gasteiger partial charge in [-0.3, -0.25) is 4.79 Å². The maximum absolute atomic E-state index is 13.1. The number of nitrogens with one attached hydrogen (secondary N) is 1. The van der Waals surface area contributed by atoms with Gasteiger partial charge in [0, 0.05) is 6.54 Å². The molecule has 82 valence electrons. The third-order valence-electron chi connectivity index (χ3n) is 1.79. The second-order valence-electron chi connectivity index (χ2n) is 3.00. The van der Waals surface area contributed by atoms with Crippen LogP contribution in [0, 0.1) is 5.82 Å². The summed E-state index contributed by atoms with van der Waals surface area (Å²) in [6.07, 6.45) is -0.817. The van der Waals surface area contributed by atoms with Crippen LogP contribution in [0.1, 0.15) is 10.4 Å². The van der Waals surface area contributed by atoms with E-state index < -0.39 is 17.8 Å². The lowest BCUT2D eigenvalue weighted by molar-refractivity contribution is 0.0921. The van der Waals surface area contributed by atoms with E-state index in [2.05, 4.69) is 5.32 Å². The van der Waals surface area contributed by atoms with Gasteiger partial charge in [0.1, 0.15) is 5.82 Å². The van der Waals surface area contributed by atoms with Gasteiger partial charge in [-0.2, -0.15) is 0 Å². The fourth-order valence-corrected chi connectivity index (χ4v) is 1.11. The Labute approximate surface area is 91.9 Å². The first kappa shape index (κ1) is 11.9. The van der Waals surface area contributed by atoms with Crippen LogP contribution in [0.25, 0.3) is 0 Å². The van der Waals surface area contributed by atoms with Gasteiger partial charge in [-0.05, 0) is 12.1 Å². The highest BCUT2D eigenvalue weighted by Gasteiger charge is 2.11. The molecule has 0 aliphatic carbocycles. The minimum Gasteiger partial charge on any atom is -0.390 e. The number of carbonyl (C=O) groups excluding carboxylic acids is 1. The van der Waals surface area contributed by atoms with Gasteiger partial charge in [-0.15, -0.1) is 11.6 Å². The number of aliphatic hydroxyl groups is 1. The molecular weight excluding hydrogens is 221 g/mol. The molecule has 0 fully saturated rings. The quantitative estimate of drug-likeness (QED) is 0.764. The van der Waals surface area contributed by atoms with E-state index in [-0.39, 0.29) is 18.0 Å². The molecular formula is C10H11ClFNO2. The molecule has 1 atom stereocenters. The van der Waals surface area contributed by atoms with Crippen LogP contribution in [0.4, 0.5) is 4.39 Å². The van der Waals surface area contributed by atoms with Crippen LogP contribution in [-0.4, -0.2) is 29.5 Å². The molecule has 3 nitrogen and oxygen atoms in total. The van der Waals surface area contributed by atoms with Crippen molar-refractivity contribution in [2.45, 2.75) is 6.10 Å². The number of benzene rings is 1. The first-order valence-electron chi connectivity index (χ1n) is 4.42. The zero-order valence-corrected chi connectivity index (χ0v) is 8.67. The van der Waals surface area contributed by atoms with Crippen molar-refractivity contribution >= 4 is 17.5 Å². The number of hydrogen-bond acceptors (Lipinski definition) is 2. The molecule has 0 aliphatic heterocycles. The monoisotopic (exact) mass is 231 g/mol. The highest BCUT2D eigenvalue weighted by Crippen LogP contribution is 2.05.